The first-order valence-corrected chi connectivity index (χ1v) is 8.34. The highest BCUT2D eigenvalue weighted by atomic mass is 19.1. The molecule has 3 rings (SSSR count). The first-order valence-electron chi connectivity index (χ1n) is 8.34. The molecule has 1 heterocycles. The molecule has 0 amide bonds. The van der Waals surface area contributed by atoms with Crippen LogP contribution in [0.2, 0.25) is 0 Å². The van der Waals surface area contributed by atoms with Gasteiger partial charge in [0.2, 0.25) is 0 Å². The summed E-state index contributed by atoms with van der Waals surface area (Å²) in [5.74, 6) is -0.167. The van der Waals surface area contributed by atoms with Crippen LogP contribution in [-0.4, -0.2) is 18.2 Å². The second-order valence-corrected chi connectivity index (χ2v) is 6.71. The van der Waals surface area contributed by atoms with Crippen LogP contribution >= 0.6 is 0 Å². The van der Waals surface area contributed by atoms with Gasteiger partial charge in [-0.25, -0.2) is 4.39 Å². The summed E-state index contributed by atoms with van der Waals surface area (Å²) >= 11 is 0. The van der Waals surface area contributed by atoms with Crippen molar-refractivity contribution in [1.82, 2.24) is 5.32 Å². The van der Waals surface area contributed by atoms with Crippen molar-refractivity contribution in [3.63, 3.8) is 0 Å². The molecule has 1 aliphatic heterocycles. The first-order chi connectivity index (χ1) is 10.2. The Hall–Kier alpha value is -0.930. The highest BCUT2D eigenvalue weighted by molar-refractivity contribution is 5.19. The molecule has 0 radical (unpaired) electrons. The van der Waals surface area contributed by atoms with Gasteiger partial charge in [-0.2, -0.15) is 0 Å². The molecule has 0 bridgehead atoms. The van der Waals surface area contributed by atoms with E-state index in [1.807, 2.05) is 6.07 Å². The van der Waals surface area contributed by atoms with Crippen molar-refractivity contribution < 1.29 is 9.13 Å². The SMILES string of the molecule is C[C@@H](NCC1CCC2(CCCCC2)O1)c1cccc(F)c1. The van der Waals surface area contributed by atoms with Crippen molar-refractivity contribution in [1.29, 1.82) is 0 Å². The lowest BCUT2D eigenvalue weighted by molar-refractivity contribution is -0.0628. The summed E-state index contributed by atoms with van der Waals surface area (Å²) in [6.07, 6.45) is 9.17. The molecular weight excluding hydrogens is 265 g/mol. The van der Waals surface area contributed by atoms with Gasteiger partial charge in [0, 0.05) is 12.6 Å². The molecule has 1 aliphatic carbocycles. The van der Waals surface area contributed by atoms with E-state index in [1.54, 1.807) is 12.1 Å². The fraction of sp³-hybridized carbons (Fsp3) is 0.667. The van der Waals surface area contributed by atoms with Gasteiger partial charge in [-0.3, -0.25) is 0 Å². The number of ether oxygens (including phenoxy) is 1. The van der Waals surface area contributed by atoms with Crippen LogP contribution < -0.4 is 5.32 Å². The smallest absolute Gasteiger partial charge is 0.123 e. The standard InChI is InChI=1S/C18H26FNO/c1-14(15-6-5-7-16(19)12-15)20-13-17-8-11-18(21-17)9-3-2-4-10-18/h5-7,12,14,17,20H,2-4,8-11,13H2,1H3/t14-,17?/m1/s1. The molecule has 1 N–H and O–H groups in total. The predicted molar refractivity (Wildman–Crippen MR) is 82.7 cm³/mol. The maximum absolute atomic E-state index is 13.3. The largest absolute Gasteiger partial charge is 0.370 e. The van der Waals surface area contributed by atoms with Crippen molar-refractivity contribution in [2.45, 2.75) is 69.6 Å². The fourth-order valence-corrected chi connectivity index (χ4v) is 3.81. The zero-order valence-electron chi connectivity index (χ0n) is 12.9. The summed E-state index contributed by atoms with van der Waals surface area (Å²) in [4.78, 5) is 0. The van der Waals surface area contributed by atoms with Crippen LogP contribution in [0.25, 0.3) is 0 Å². The minimum Gasteiger partial charge on any atom is -0.370 e. The topological polar surface area (TPSA) is 21.3 Å². The van der Waals surface area contributed by atoms with Crippen LogP contribution in [0.3, 0.4) is 0 Å². The molecule has 1 aromatic rings. The van der Waals surface area contributed by atoms with Gasteiger partial charge in [-0.05, 0) is 50.3 Å². The molecule has 2 atom stereocenters. The number of benzene rings is 1. The van der Waals surface area contributed by atoms with E-state index in [2.05, 4.69) is 12.2 Å². The molecule has 21 heavy (non-hydrogen) atoms. The molecule has 2 aliphatic rings. The summed E-state index contributed by atoms with van der Waals surface area (Å²) in [5, 5.41) is 3.50. The Balaban J connectivity index is 1.49. The van der Waals surface area contributed by atoms with E-state index >= 15 is 0 Å². The minimum atomic E-state index is -0.167. The molecular formula is C18H26FNO. The summed E-state index contributed by atoms with van der Waals surface area (Å²) in [5.41, 5.74) is 1.19. The van der Waals surface area contributed by atoms with Crippen molar-refractivity contribution in [3.8, 4) is 0 Å². The highest BCUT2D eigenvalue weighted by Crippen LogP contribution is 2.41. The lowest BCUT2D eigenvalue weighted by atomic mass is 9.83. The number of rotatable bonds is 4. The van der Waals surface area contributed by atoms with Gasteiger partial charge in [-0.15, -0.1) is 0 Å². The number of hydrogen-bond donors (Lipinski definition) is 1. The Morgan fingerprint density at radius 2 is 2.10 bits per heavy atom. The average Bonchev–Trinajstić information content (AvgIpc) is 2.88. The molecule has 1 aromatic carbocycles. The van der Waals surface area contributed by atoms with E-state index in [1.165, 1.54) is 44.6 Å². The number of halogens is 1. The number of hydrogen-bond acceptors (Lipinski definition) is 2. The third-order valence-electron chi connectivity index (χ3n) is 5.10. The Morgan fingerprint density at radius 1 is 1.29 bits per heavy atom. The number of nitrogens with one attached hydrogen (secondary N) is 1. The van der Waals surface area contributed by atoms with Gasteiger partial charge in [0.05, 0.1) is 11.7 Å². The molecule has 1 saturated heterocycles. The van der Waals surface area contributed by atoms with Crippen LogP contribution in [0.15, 0.2) is 24.3 Å². The predicted octanol–water partition coefficient (Wildman–Crippen LogP) is 4.36. The zero-order valence-corrected chi connectivity index (χ0v) is 12.9. The molecule has 1 unspecified atom stereocenters. The van der Waals surface area contributed by atoms with Crippen molar-refractivity contribution in [2.24, 2.45) is 0 Å². The van der Waals surface area contributed by atoms with Gasteiger partial charge in [-0.1, -0.05) is 31.4 Å². The van der Waals surface area contributed by atoms with E-state index in [-0.39, 0.29) is 17.5 Å². The third kappa shape index (κ3) is 3.64. The Labute approximate surface area is 127 Å². The Kier molecular flexibility index (Phi) is 4.60. The summed E-state index contributed by atoms with van der Waals surface area (Å²) in [6.45, 7) is 2.94. The van der Waals surface area contributed by atoms with E-state index in [9.17, 15) is 4.39 Å². The molecule has 116 valence electrons. The van der Waals surface area contributed by atoms with Gasteiger partial charge in [0.15, 0.2) is 0 Å². The second kappa shape index (κ2) is 6.45. The third-order valence-corrected chi connectivity index (χ3v) is 5.10. The summed E-state index contributed by atoms with van der Waals surface area (Å²) in [7, 11) is 0. The van der Waals surface area contributed by atoms with E-state index < -0.39 is 0 Å². The monoisotopic (exact) mass is 291 g/mol. The van der Waals surface area contributed by atoms with Crippen molar-refractivity contribution in [3.05, 3.63) is 35.6 Å². The summed E-state index contributed by atoms with van der Waals surface area (Å²) < 4.78 is 19.6. The van der Waals surface area contributed by atoms with Gasteiger partial charge < -0.3 is 10.1 Å². The second-order valence-electron chi connectivity index (χ2n) is 6.71. The fourth-order valence-electron chi connectivity index (χ4n) is 3.81. The van der Waals surface area contributed by atoms with E-state index in [4.69, 9.17) is 4.74 Å². The lowest BCUT2D eigenvalue weighted by Gasteiger charge is -2.33. The lowest BCUT2D eigenvalue weighted by Crippen LogP contribution is -2.35. The first kappa shape index (κ1) is 15.0. The summed E-state index contributed by atoms with van der Waals surface area (Å²) in [6, 6.07) is 7.00. The van der Waals surface area contributed by atoms with Gasteiger partial charge >= 0.3 is 0 Å². The Bertz CT molecular complexity index is 470. The maximum Gasteiger partial charge on any atom is 0.123 e. The van der Waals surface area contributed by atoms with Crippen molar-refractivity contribution >= 4 is 0 Å². The van der Waals surface area contributed by atoms with Gasteiger partial charge in [0.25, 0.3) is 0 Å². The van der Waals surface area contributed by atoms with E-state index in [0.717, 1.165) is 18.5 Å². The van der Waals surface area contributed by atoms with Crippen LogP contribution in [-0.2, 0) is 4.74 Å². The van der Waals surface area contributed by atoms with Crippen LogP contribution in [0.5, 0.6) is 0 Å². The quantitative estimate of drug-likeness (QED) is 0.890. The van der Waals surface area contributed by atoms with Crippen LogP contribution in [0, 0.1) is 5.82 Å². The minimum absolute atomic E-state index is 0.159. The normalized spacial score (nSPS) is 26.1. The van der Waals surface area contributed by atoms with Gasteiger partial charge in [0.1, 0.15) is 5.82 Å². The van der Waals surface area contributed by atoms with Crippen molar-refractivity contribution in [2.75, 3.05) is 6.54 Å². The molecule has 1 spiro atoms. The molecule has 0 aromatic heterocycles. The van der Waals surface area contributed by atoms with Crippen LogP contribution in [0.4, 0.5) is 4.39 Å². The van der Waals surface area contributed by atoms with E-state index in [0.29, 0.717) is 6.10 Å². The molecule has 1 saturated carbocycles. The average molecular weight is 291 g/mol. The molecule has 2 fully saturated rings. The highest BCUT2D eigenvalue weighted by Gasteiger charge is 2.40. The molecule has 2 nitrogen and oxygen atoms in total. The zero-order chi connectivity index (χ0) is 14.7. The van der Waals surface area contributed by atoms with Crippen LogP contribution in [0.1, 0.15) is 63.5 Å². The molecule has 3 heteroatoms. The maximum atomic E-state index is 13.3. The Morgan fingerprint density at radius 3 is 2.86 bits per heavy atom.